The highest BCUT2D eigenvalue weighted by molar-refractivity contribution is 5.93. The predicted octanol–water partition coefficient (Wildman–Crippen LogP) is 0.0319. The average molecular weight is 264 g/mol. The number of aromatic nitrogens is 1. The number of nitrogens with two attached hydrogens (primary N) is 1. The smallest absolute Gasteiger partial charge is 0.266 e. The van der Waals surface area contributed by atoms with Crippen molar-refractivity contribution in [3.05, 3.63) is 29.6 Å². The molecule has 0 unspecified atom stereocenters. The number of nitrogen functional groups attached to an aromatic ring is 1. The Bertz CT molecular complexity index is 434. The van der Waals surface area contributed by atoms with Gasteiger partial charge < -0.3 is 5.11 Å². The molecular formula is C13H20N4O2. The molecule has 1 fully saturated rings. The molecule has 0 bridgehead atoms. The van der Waals surface area contributed by atoms with Crippen molar-refractivity contribution >= 4 is 5.91 Å². The monoisotopic (exact) mass is 264 g/mol. The molecule has 1 aliphatic heterocycles. The van der Waals surface area contributed by atoms with Gasteiger partial charge in [0.2, 0.25) is 0 Å². The van der Waals surface area contributed by atoms with Crippen LogP contribution in [0.15, 0.2) is 18.3 Å². The number of hydrogen-bond donors (Lipinski definition) is 3. The van der Waals surface area contributed by atoms with Crippen LogP contribution in [0.25, 0.3) is 0 Å². The van der Waals surface area contributed by atoms with Gasteiger partial charge in [0.15, 0.2) is 0 Å². The molecule has 19 heavy (non-hydrogen) atoms. The van der Waals surface area contributed by atoms with Gasteiger partial charge >= 0.3 is 0 Å². The van der Waals surface area contributed by atoms with Crippen LogP contribution in [0.5, 0.6) is 0 Å². The third-order valence-electron chi connectivity index (χ3n) is 3.54. The van der Waals surface area contributed by atoms with Crippen molar-refractivity contribution in [2.45, 2.75) is 31.9 Å². The third kappa shape index (κ3) is 3.73. The lowest BCUT2D eigenvalue weighted by molar-refractivity contribution is -0.00758. The van der Waals surface area contributed by atoms with Gasteiger partial charge in [-0.25, -0.2) is 5.84 Å². The number of hydrazine groups is 1. The summed E-state index contributed by atoms with van der Waals surface area (Å²) >= 11 is 0. The van der Waals surface area contributed by atoms with Crippen LogP contribution in [0.4, 0.5) is 0 Å². The molecule has 0 spiro atoms. The van der Waals surface area contributed by atoms with E-state index in [0.717, 1.165) is 38.2 Å². The van der Waals surface area contributed by atoms with Crippen molar-refractivity contribution in [2.24, 2.45) is 5.84 Å². The molecule has 1 aliphatic rings. The van der Waals surface area contributed by atoms with E-state index in [9.17, 15) is 9.90 Å². The Morgan fingerprint density at radius 1 is 1.53 bits per heavy atom. The van der Waals surface area contributed by atoms with Crippen LogP contribution < -0.4 is 11.3 Å². The zero-order chi connectivity index (χ0) is 13.9. The van der Waals surface area contributed by atoms with Gasteiger partial charge in [-0.05, 0) is 31.9 Å². The average Bonchev–Trinajstić information content (AvgIpc) is 2.41. The van der Waals surface area contributed by atoms with E-state index in [2.05, 4.69) is 15.3 Å². The molecular weight excluding hydrogens is 244 g/mol. The molecule has 6 nitrogen and oxygen atoms in total. The van der Waals surface area contributed by atoms with E-state index in [0.29, 0.717) is 5.56 Å². The van der Waals surface area contributed by atoms with E-state index >= 15 is 0 Å². The number of amides is 1. The number of nitrogens with zero attached hydrogens (tertiary/aromatic N) is 2. The molecule has 0 radical (unpaired) electrons. The van der Waals surface area contributed by atoms with Gasteiger partial charge in [0.1, 0.15) is 0 Å². The van der Waals surface area contributed by atoms with Crippen LogP contribution >= 0.6 is 0 Å². The van der Waals surface area contributed by atoms with E-state index in [4.69, 9.17) is 5.84 Å². The lowest BCUT2D eigenvalue weighted by Crippen LogP contribution is -2.42. The first-order valence-corrected chi connectivity index (χ1v) is 6.41. The Hall–Kier alpha value is -1.50. The Morgan fingerprint density at radius 2 is 2.21 bits per heavy atom. The molecule has 0 saturated carbocycles. The fourth-order valence-electron chi connectivity index (χ4n) is 2.16. The van der Waals surface area contributed by atoms with Gasteiger partial charge in [0, 0.05) is 25.8 Å². The summed E-state index contributed by atoms with van der Waals surface area (Å²) in [5.41, 5.74) is 2.90. The SMILES string of the molecule is CC1(O)CCN(Cc2ccc(C(=O)NN)cn2)CC1. The van der Waals surface area contributed by atoms with Crippen molar-refractivity contribution in [3.8, 4) is 0 Å². The lowest BCUT2D eigenvalue weighted by atomic mass is 9.94. The number of carbonyl (C=O) groups is 1. The molecule has 2 rings (SSSR count). The molecule has 0 atom stereocenters. The van der Waals surface area contributed by atoms with E-state index in [1.54, 1.807) is 6.07 Å². The van der Waals surface area contributed by atoms with E-state index in [1.165, 1.54) is 6.20 Å². The minimum Gasteiger partial charge on any atom is -0.390 e. The molecule has 6 heteroatoms. The highest BCUT2D eigenvalue weighted by Crippen LogP contribution is 2.21. The molecule has 1 amide bonds. The molecule has 1 aromatic heterocycles. The van der Waals surface area contributed by atoms with E-state index < -0.39 is 5.60 Å². The summed E-state index contributed by atoms with van der Waals surface area (Å²) in [4.78, 5) is 17.8. The number of rotatable bonds is 3. The number of hydrogen-bond acceptors (Lipinski definition) is 5. The quantitative estimate of drug-likeness (QED) is 0.407. The summed E-state index contributed by atoms with van der Waals surface area (Å²) in [5.74, 6) is 4.72. The van der Waals surface area contributed by atoms with Crippen LogP contribution in [-0.2, 0) is 6.54 Å². The van der Waals surface area contributed by atoms with Gasteiger partial charge in [-0.2, -0.15) is 0 Å². The second-order valence-electron chi connectivity index (χ2n) is 5.28. The first-order chi connectivity index (χ1) is 9.00. The summed E-state index contributed by atoms with van der Waals surface area (Å²) in [5, 5.41) is 9.88. The molecule has 1 saturated heterocycles. The van der Waals surface area contributed by atoms with Crippen molar-refractivity contribution in [1.29, 1.82) is 0 Å². The maximum absolute atomic E-state index is 11.3. The molecule has 1 aromatic rings. The fourth-order valence-corrected chi connectivity index (χ4v) is 2.16. The topological polar surface area (TPSA) is 91.5 Å². The van der Waals surface area contributed by atoms with Crippen LogP contribution in [0, 0.1) is 0 Å². The van der Waals surface area contributed by atoms with Crippen LogP contribution in [-0.4, -0.2) is 39.6 Å². The van der Waals surface area contributed by atoms with Crippen LogP contribution in [0.1, 0.15) is 35.8 Å². The van der Waals surface area contributed by atoms with Crippen molar-refractivity contribution in [2.75, 3.05) is 13.1 Å². The van der Waals surface area contributed by atoms with Gasteiger partial charge in [0.25, 0.3) is 5.91 Å². The van der Waals surface area contributed by atoms with Crippen LogP contribution in [0.3, 0.4) is 0 Å². The highest BCUT2D eigenvalue weighted by Gasteiger charge is 2.27. The second kappa shape index (κ2) is 5.64. The zero-order valence-electron chi connectivity index (χ0n) is 11.1. The number of carbonyl (C=O) groups excluding carboxylic acids is 1. The summed E-state index contributed by atoms with van der Waals surface area (Å²) in [7, 11) is 0. The normalized spacial score (nSPS) is 19.1. The number of aliphatic hydroxyl groups is 1. The van der Waals surface area contributed by atoms with Crippen LogP contribution in [0.2, 0.25) is 0 Å². The standard InChI is InChI=1S/C13H20N4O2/c1-13(19)4-6-17(7-5-13)9-11-3-2-10(8-15-11)12(18)16-14/h2-3,8,19H,4-7,9,14H2,1H3,(H,16,18). The molecule has 0 aromatic carbocycles. The van der Waals surface area contributed by atoms with Crippen molar-refractivity contribution < 1.29 is 9.90 Å². The van der Waals surface area contributed by atoms with Gasteiger partial charge in [-0.1, -0.05) is 0 Å². The maximum Gasteiger partial charge on any atom is 0.266 e. The highest BCUT2D eigenvalue weighted by atomic mass is 16.3. The Balaban J connectivity index is 1.92. The summed E-state index contributed by atoms with van der Waals surface area (Å²) in [6, 6.07) is 3.54. The number of pyridine rings is 1. The molecule has 2 heterocycles. The van der Waals surface area contributed by atoms with Crippen molar-refractivity contribution in [3.63, 3.8) is 0 Å². The van der Waals surface area contributed by atoms with Gasteiger partial charge in [-0.15, -0.1) is 0 Å². The van der Waals surface area contributed by atoms with E-state index in [1.807, 2.05) is 13.0 Å². The first kappa shape index (κ1) is 13.9. The lowest BCUT2D eigenvalue weighted by Gasteiger charge is -2.35. The molecule has 4 N–H and O–H groups in total. The number of piperidine rings is 1. The molecule has 0 aliphatic carbocycles. The van der Waals surface area contributed by atoms with E-state index in [-0.39, 0.29) is 5.91 Å². The van der Waals surface area contributed by atoms with Gasteiger partial charge in [-0.3, -0.25) is 20.1 Å². The second-order valence-corrected chi connectivity index (χ2v) is 5.28. The Labute approximate surface area is 112 Å². The van der Waals surface area contributed by atoms with Crippen molar-refractivity contribution in [1.82, 2.24) is 15.3 Å². The summed E-state index contributed by atoms with van der Waals surface area (Å²) < 4.78 is 0. The molecule has 104 valence electrons. The minimum absolute atomic E-state index is 0.340. The Morgan fingerprint density at radius 3 is 2.74 bits per heavy atom. The minimum atomic E-state index is -0.535. The summed E-state index contributed by atoms with van der Waals surface area (Å²) in [6.45, 7) is 4.34. The number of likely N-dealkylation sites (tertiary alicyclic amines) is 1. The fraction of sp³-hybridized carbons (Fsp3) is 0.538. The first-order valence-electron chi connectivity index (χ1n) is 6.41. The zero-order valence-corrected chi connectivity index (χ0v) is 11.1. The summed E-state index contributed by atoms with van der Waals surface area (Å²) in [6.07, 6.45) is 3.08. The predicted molar refractivity (Wildman–Crippen MR) is 71.0 cm³/mol. The largest absolute Gasteiger partial charge is 0.390 e. The third-order valence-corrected chi connectivity index (χ3v) is 3.54. The Kier molecular flexibility index (Phi) is 4.14. The number of nitrogens with one attached hydrogen (secondary N) is 1. The van der Waals surface area contributed by atoms with Gasteiger partial charge in [0.05, 0.1) is 16.9 Å². The maximum atomic E-state index is 11.3.